The molecule has 0 saturated heterocycles. The number of rotatable bonds is 12. The van der Waals surface area contributed by atoms with Gasteiger partial charge in [0.2, 0.25) is 5.91 Å². The van der Waals surface area contributed by atoms with Crippen LogP contribution < -0.4 is 10.1 Å². The summed E-state index contributed by atoms with van der Waals surface area (Å²) >= 11 is 0. The van der Waals surface area contributed by atoms with Crippen LogP contribution in [0.3, 0.4) is 0 Å². The smallest absolute Gasteiger partial charge is 0.244 e. The van der Waals surface area contributed by atoms with Gasteiger partial charge in [-0.25, -0.2) is 0 Å². The normalized spacial score (nSPS) is 12.2. The number of hydrogen-bond acceptors (Lipinski definition) is 3. The molecule has 4 nitrogen and oxygen atoms in total. The number of unbranched alkanes of at least 4 members (excludes halogenated alkanes) is 2. The lowest BCUT2D eigenvalue weighted by Crippen LogP contribution is -2.31. The Morgan fingerprint density at radius 2 is 2.00 bits per heavy atom. The number of nitrogens with one attached hydrogen (secondary N) is 1. The molecule has 0 spiro atoms. The van der Waals surface area contributed by atoms with Crippen LogP contribution in [0.5, 0.6) is 5.75 Å². The topological polar surface area (TPSA) is 51.2 Å². The molecule has 1 amide bonds. The lowest BCUT2D eigenvalue weighted by atomic mass is 9.94. The average molecular weight is 445 g/mol. The predicted molar refractivity (Wildman–Crippen MR) is 138 cm³/mol. The fourth-order valence-corrected chi connectivity index (χ4v) is 4.19. The first-order valence-electron chi connectivity index (χ1n) is 12.1. The SMILES string of the molecule is CCCCCc1c(/C=C/C(=O)N[C@H](C)CCCc2cccnc2)ccc2cc(OC)ccc12. The van der Waals surface area contributed by atoms with Gasteiger partial charge < -0.3 is 10.1 Å². The molecule has 174 valence electrons. The fraction of sp³-hybridized carbons (Fsp3) is 0.379. The van der Waals surface area contributed by atoms with Gasteiger partial charge >= 0.3 is 0 Å². The monoisotopic (exact) mass is 444 g/mol. The largest absolute Gasteiger partial charge is 0.497 e. The second-order valence-electron chi connectivity index (χ2n) is 8.67. The molecule has 0 unspecified atom stereocenters. The van der Waals surface area contributed by atoms with E-state index in [1.54, 1.807) is 19.4 Å². The zero-order chi connectivity index (χ0) is 23.5. The molecule has 0 saturated carbocycles. The molecule has 2 aromatic carbocycles. The highest BCUT2D eigenvalue weighted by Gasteiger charge is 2.09. The van der Waals surface area contributed by atoms with Gasteiger partial charge in [0.05, 0.1) is 7.11 Å². The van der Waals surface area contributed by atoms with Crippen molar-refractivity contribution in [2.24, 2.45) is 0 Å². The first kappa shape index (κ1) is 24.5. The quantitative estimate of drug-likeness (QED) is 0.256. The summed E-state index contributed by atoms with van der Waals surface area (Å²) in [6, 6.07) is 14.6. The van der Waals surface area contributed by atoms with E-state index >= 15 is 0 Å². The molecule has 1 atom stereocenters. The third kappa shape index (κ3) is 7.45. The molecular formula is C29H36N2O2. The van der Waals surface area contributed by atoms with E-state index in [9.17, 15) is 4.79 Å². The highest BCUT2D eigenvalue weighted by Crippen LogP contribution is 2.28. The molecular weight excluding hydrogens is 408 g/mol. The number of carbonyl (C=O) groups excluding carboxylic acids is 1. The molecule has 0 radical (unpaired) electrons. The summed E-state index contributed by atoms with van der Waals surface area (Å²) in [5.74, 6) is 0.820. The summed E-state index contributed by atoms with van der Waals surface area (Å²) in [7, 11) is 1.69. The minimum atomic E-state index is -0.0433. The van der Waals surface area contributed by atoms with Gasteiger partial charge in [0.25, 0.3) is 0 Å². The first-order chi connectivity index (χ1) is 16.1. The van der Waals surface area contributed by atoms with E-state index in [4.69, 9.17) is 4.74 Å². The third-order valence-corrected chi connectivity index (χ3v) is 6.03. The second kappa shape index (κ2) is 12.8. The van der Waals surface area contributed by atoms with Crippen molar-refractivity contribution in [3.63, 3.8) is 0 Å². The summed E-state index contributed by atoms with van der Waals surface area (Å²) in [6.07, 6.45) is 14.8. The van der Waals surface area contributed by atoms with E-state index in [-0.39, 0.29) is 11.9 Å². The van der Waals surface area contributed by atoms with E-state index in [1.165, 1.54) is 34.7 Å². The van der Waals surface area contributed by atoms with Gasteiger partial charge in [0.1, 0.15) is 5.75 Å². The van der Waals surface area contributed by atoms with Crippen molar-refractivity contribution in [1.82, 2.24) is 10.3 Å². The van der Waals surface area contributed by atoms with Crippen molar-refractivity contribution >= 4 is 22.8 Å². The zero-order valence-electron chi connectivity index (χ0n) is 20.1. The maximum Gasteiger partial charge on any atom is 0.244 e. The Morgan fingerprint density at radius 3 is 2.76 bits per heavy atom. The van der Waals surface area contributed by atoms with Crippen LogP contribution in [0.15, 0.2) is 60.9 Å². The molecule has 0 fully saturated rings. The lowest BCUT2D eigenvalue weighted by Gasteiger charge is -2.13. The number of nitrogens with zero attached hydrogens (tertiary/aromatic N) is 1. The van der Waals surface area contributed by atoms with Gasteiger partial charge in [0.15, 0.2) is 0 Å². The number of pyridine rings is 1. The van der Waals surface area contributed by atoms with E-state index in [0.29, 0.717) is 0 Å². The number of aromatic nitrogens is 1. The number of aryl methyl sites for hydroxylation is 2. The highest BCUT2D eigenvalue weighted by atomic mass is 16.5. The highest BCUT2D eigenvalue weighted by molar-refractivity contribution is 5.94. The molecule has 33 heavy (non-hydrogen) atoms. The maximum atomic E-state index is 12.6. The minimum absolute atomic E-state index is 0.0433. The van der Waals surface area contributed by atoms with Crippen LogP contribution in [0.1, 0.15) is 62.6 Å². The Labute approximate surface area is 198 Å². The van der Waals surface area contributed by atoms with E-state index in [2.05, 4.69) is 54.5 Å². The Balaban J connectivity index is 1.64. The summed E-state index contributed by atoms with van der Waals surface area (Å²) in [6.45, 7) is 4.28. The molecule has 0 bridgehead atoms. The molecule has 1 aromatic heterocycles. The lowest BCUT2D eigenvalue weighted by molar-refractivity contribution is -0.117. The van der Waals surface area contributed by atoms with E-state index < -0.39 is 0 Å². The van der Waals surface area contributed by atoms with Crippen LogP contribution in [-0.4, -0.2) is 24.0 Å². The minimum Gasteiger partial charge on any atom is -0.497 e. The van der Waals surface area contributed by atoms with Gasteiger partial charge in [-0.05, 0) is 90.8 Å². The Hall–Kier alpha value is -3.14. The Morgan fingerprint density at radius 1 is 1.12 bits per heavy atom. The number of benzene rings is 2. The van der Waals surface area contributed by atoms with Crippen molar-refractivity contribution < 1.29 is 9.53 Å². The number of carbonyl (C=O) groups is 1. The summed E-state index contributed by atoms with van der Waals surface area (Å²) in [4.78, 5) is 16.7. The van der Waals surface area contributed by atoms with Crippen LogP contribution in [0.4, 0.5) is 0 Å². The second-order valence-corrected chi connectivity index (χ2v) is 8.67. The van der Waals surface area contributed by atoms with Crippen molar-refractivity contribution in [1.29, 1.82) is 0 Å². The molecule has 3 aromatic rings. The average Bonchev–Trinajstić information content (AvgIpc) is 2.83. The van der Waals surface area contributed by atoms with Crippen molar-refractivity contribution in [2.75, 3.05) is 7.11 Å². The van der Waals surface area contributed by atoms with Gasteiger partial charge in [-0.1, -0.05) is 44.0 Å². The van der Waals surface area contributed by atoms with E-state index in [1.807, 2.05) is 24.4 Å². The first-order valence-corrected chi connectivity index (χ1v) is 12.1. The van der Waals surface area contributed by atoms with Crippen molar-refractivity contribution in [3.05, 3.63) is 77.6 Å². The summed E-state index contributed by atoms with van der Waals surface area (Å²) in [5, 5.41) is 5.51. The van der Waals surface area contributed by atoms with Gasteiger partial charge in [-0.15, -0.1) is 0 Å². The van der Waals surface area contributed by atoms with Crippen molar-refractivity contribution in [3.8, 4) is 5.75 Å². The number of ether oxygens (including phenoxy) is 1. The molecule has 0 aliphatic rings. The fourth-order valence-electron chi connectivity index (χ4n) is 4.19. The van der Waals surface area contributed by atoms with Gasteiger partial charge in [0, 0.05) is 24.5 Å². The van der Waals surface area contributed by atoms with Gasteiger partial charge in [-0.2, -0.15) is 0 Å². The molecule has 1 N–H and O–H groups in total. The van der Waals surface area contributed by atoms with E-state index in [0.717, 1.165) is 43.4 Å². The summed E-state index contributed by atoms with van der Waals surface area (Å²) in [5.41, 5.74) is 3.65. The third-order valence-electron chi connectivity index (χ3n) is 6.03. The van der Waals surface area contributed by atoms with Crippen LogP contribution >= 0.6 is 0 Å². The predicted octanol–water partition coefficient (Wildman–Crippen LogP) is 6.52. The summed E-state index contributed by atoms with van der Waals surface area (Å²) < 4.78 is 5.39. The standard InChI is InChI=1S/C29H36N2O2/c1-4-5-6-12-27-24(13-14-25-20-26(33-3)16-17-28(25)27)15-18-29(32)31-22(2)9-7-10-23-11-8-19-30-21-23/h8,11,13-22H,4-7,9-10,12H2,1-3H3,(H,31,32)/b18-15+/t22-/m1/s1. The van der Waals surface area contributed by atoms with Crippen LogP contribution in [0, 0.1) is 0 Å². The van der Waals surface area contributed by atoms with Crippen LogP contribution in [0.25, 0.3) is 16.8 Å². The molecule has 1 heterocycles. The number of amides is 1. The van der Waals surface area contributed by atoms with Crippen LogP contribution in [0.2, 0.25) is 0 Å². The molecule has 3 rings (SSSR count). The van der Waals surface area contributed by atoms with Gasteiger partial charge in [-0.3, -0.25) is 9.78 Å². The Kier molecular flexibility index (Phi) is 9.49. The molecule has 0 aliphatic heterocycles. The molecule has 0 aliphatic carbocycles. The molecule has 4 heteroatoms. The van der Waals surface area contributed by atoms with Crippen LogP contribution in [-0.2, 0) is 17.6 Å². The Bertz CT molecular complexity index is 1060. The number of hydrogen-bond donors (Lipinski definition) is 1. The number of fused-ring (bicyclic) bond motifs is 1. The maximum absolute atomic E-state index is 12.6. The number of methoxy groups -OCH3 is 1. The zero-order valence-corrected chi connectivity index (χ0v) is 20.1. The van der Waals surface area contributed by atoms with Crippen molar-refractivity contribution in [2.45, 2.75) is 64.8 Å².